The second-order valence-corrected chi connectivity index (χ2v) is 5.31. The first-order valence-corrected chi connectivity index (χ1v) is 6.79. The first kappa shape index (κ1) is 13.5. The molecule has 0 aliphatic heterocycles. The van der Waals surface area contributed by atoms with Gasteiger partial charge >= 0.3 is 5.97 Å². The van der Waals surface area contributed by atoms with Crippen LogP contribution in [0.5, 0.6) is 0 Å². The predicted octanol–water partition coefficient (Wildman–Crippen LogP) is 0.346. The van der Waals surface area contributed by atoms with Crippen LogP contribution in [-0.4, -0.2) is 38.8 Å². The van der Waals surface area contributed by atoms with Crippen LogP contribution in [0.15, 0.2) is 24.3 Å². The number of hydrogen-bond donors (Lipinski definition) is 3. The maximum absolute atomic E-state index is 10.8. The van der Waals surface area contributed by atoms with Gasteiger partial charge in [-0.1, -0.05) is 0 Å². The molecule has 0 heterocycles. The van der Waals surface area contributed by atoms with Crippen molar-refractivity contribution in [1.29, 1.82) is 0 Å². The third kappa shape index (κ3) is 5.32. The smallest absolute Gasteiger partial charge is 0.335 e. The lowest BCUT2D eigenvalue weighted by Crippen LogP contribution is -2.27. The zero-order valence-corrected chi connectivity index (χ0v) is 10.1. The minimum absolute atomic E-state index is 0.213. The third-order valence-electron chi connectivity index (χ3n) is 1.95. The lowest BCUT2D eigenvalue weighted by molar-refractivity contribution is 0.0697. The molecule has 0 aliphatic rings. The maximum atomic E-state index is 10.8. The zero-order chi connectivity index (χ0) is 12.9. The van der Waals surface area contributed by atoms with Crippen LogP contribution in [-0.2, 0) is 10.0 Å². The molecule has 0 radical (unpaired) electrons. The Morgan fingerprint density at radius 2 is 1.82 bits per heavy atom. The highest BCUT2D eigenvalue weighted by Gasteiger charge is 2.02. The molecule has 1 rings (SSSR count). The SMILES string of the molecule is CS(=O)(=O)NCCNc1ccc(C(=O)O)cc1. The van der Waals surface area contributed by atoms with Crippen LogP contribution in [0.1, 0.15) is 10.4 Å². The van der Waals surface area contributed by atoms with E-state index in [1.165, 1.54) is 12.1 Å². The normalized spacial score (nSPS) is 11.1. The summed E-state index contributed by atoms with van der Waals surface area (Å²) >= 11 is 0. The van der Waals surface area contributed by atoms with Crippen molar-refractivity contribution < 1.29 is 18.3 Å². The van der Waals surface area contributed by atoms with Gasteiger partial charge in [-0.15, -0.1) is 0 Å². The van der Waals surface area contributed by atoms with E-state index in [1.807, 2.05) is 0 Å². The van der Waals surface area contributed by atoms with Gasteiger partial charge in [-0.2, -0.15) is 0 Å². The topological polar surface area (TPSA) is 95.5 Å². The first-order chi connectivity index (χ1) is 7.88. The summed E-state index contributed by atoms with van der Waals surface area (Å²) < 4.78 is 23.9. The van der Waals surface area contributed by atoms with Gasteiger partial charge in [0.1, 0.15) is 0 Å². The van der Waals surface area contributed by atoms with Crippen LogP contribution in [0.3, 0.4) is 0 Å². The molecule has 0 amide bonds. The van der Waals surface area contributed by atoms with Crippen molar-refractivity contribution in [3.63, 3.8) is 0 Å². The van der Waals surface area contributed by atoms with Crippen LogP contribution in [0.25, 0.3) is 0 Å². The van der Waals surface area contributed by atoms with Crippen LogP contribution >= 0.6 is 0 Å². The largest absolute Gasteiger partial charge is 0.478 e. The van der Waals surface area contributed by atoms with Crippen LogP contribution in [0.2, 0.25) is 0 Å². The Labute approximate surface area is 99.7 Å². The Hall–Kier alpha value is -1.60. The number of benzene rings is 1. The molecule has 0 aromatic heterocycles. The van der Waals surface area contributed by atoms with E-state index in [2.05, 4.69) is 10.0 Å². The zero-order valence-electron chi connectivity index (χ0n) is 9.30. The van der Waals surface area contributed by atoms with Crippen molar-refractivity contribution in [2.75, 3.05) is 24.7 Å². The standard InChI is InChI=1S/C10H14N2O4S/c1-17(15,16)12-7-6-11-9-4-2-8(3-5-9)10(13)14/h2-5,11-12H,6-7H2,1H3,(H,13,14). The van der Waals surface area contributed by atoms with Gasteiger partial charge in [0, 0.05) is 18.8 Å². The summed E-state index contributed by atoms with van der Waals surface area (Å²) in [5.41, 5.74) is 0.954. The number of carboxylic acids is 1. The quantitative estimate of drug-likeness (QED) is 0.640. The van der Waals surface area contributed by atoms with Crippen molar-refractivity contribution in [2.24, 2.45) is 0 Å². The Morgan fingerprint density at radius 1 is 1.24 bits per heavy atom. The number of anilines is 1. The Balaban J connectivity index is 2.40. The molecule has 3 N–H and O–H groups in total. The summed E-state index contributed by atoms with van der Waals surface area (Å²) in [6.07, 6.45) is 1.09. The van der Waals surface area contributed by atoms with E-state index in [1.54, 1.807) is 12.1 Å². The summed E-state index contributed by atoms with van der Waals surface area (Å²) in [6.45, 7) is 0.707. The monoisotopic (exact) mass is 258 g/mol. The van der Waals surface area contributed by atoms with Gasteiger partial charge in [-0.25, -0.2) is 17.9 Å². The van der Waals surface area contributed by atoms with Gasteiger partial charge in [-0.3, -0.25) is 0 Å². The fourth-order valence-electron chi connectivity index (χ4n) is 1.17. The van der Waals surface area contributed by atoms with Crippen LogP contribution < -0.4 is 10.0 Å². The molecule has 17 heavy (non-hydrogen) atoms. The van der Waals surface area contributed by atoms with E-state index in [-0.39, 0.29) is 12.1 Å². The summed E-state index contributed by atoms with van der Waals surface area (Å²) in [5.74, 6) is -0.977. The molecule has 0 fully saturated rings. The number of aromatic carboxylic acids is 1. The Kier molecular flexibility index (Phi) is 4.47. The van der Waals surface area contributed by atoms with Gasteiger partial charge < -0.3 is 10.4 Å². The number of sulfonamides is 1. The van der Waals surface area contributed by atoms with E-state index < -0.39 is 16.0 Å². The summed E-state index contributed by atoms with van der Waals surface area (Å²) in [7, 11) is -3.16. The molecule has 0 saturated heterocycles. The second kappa shape index (κ2) is 5.65. The van der Waals surface area contributed by atoms with Gasteiger partial charge in [0.2, 0.25) is 10.0 Å². The number of nitrogens with one attached hydrogen (secondary N) is 2. The van der Waals surface area contributed by atoms with E-state index in [0.717, 1.165) is 11.9 Å². The molecule has 1 aromatic rings. The molecular weight excluding hydrogens is 244 g/mol. The Bertz CT molecular complexity index is 482. The Morgan fingerprint density at radius 3 is 2.29 bits per heavy atom. The average Bonchev–Trinajstić information content (AvgIpc) is 2.24. The van der Waals surface area contributed by atoms with Gasteiger partial charge in [0.25, 0.3) is 0 Å². The van der Waals surface area contributed by atoms with Crippen molar-refractivity contribution in [1.82, 2.24) is 4.72 Å². The van der Waals surface area contributed by atoms with Crippen LogP contribution in [0, 0.1) is 0 Å². The average molecular weight is 258 g/mol. The fraction of sp³-hybridized carbons (Fsp3) is 0.300. The molecule has 0 atom stereocenters. The van der Waals surface area contributed by atoms with E-state index in [4.69, 9.17) is 5.11 Å². The predicted molar refractivity (Wildman–Crippen MR) is 64.7 cm³/mol. The van der Waals surface area contributed by atoms with E-state index >= 15 is 0 Å². The number of carbonyl (C=O) groups is 1. The van der Waals surface area contributed by atoms with Gasteiger partial charge in [0.05, 0.1) is 11.8 Å². The first-order valence-electron chi connectivity index (χ1n) is 4.90. The molecule has 0 aliphatic carbocycles. The maximum Gasteiger partial charge on any atom is 0.335 e. The minimum Gasteiger partial charge on any atom is -0.478 e. The second-order valence-electron chi connectivity index (χ2n) is 3.48. The molecule has 7 heteroatoms. The molecule has 6 nitrogen and oxygen atoms in total. The minimum atomic E-state index is -3.16. The number of hydrogen-bond acceptors (Lipinski definition) is 4. The summed E-state index contributed by atoms with van der Waals surface area (Å²) in [5, 5.41) is 11.6. The molecule has 0 spiro atoms. The highest BCUT2D eigenvalue weighted by molar-refractivity contribution is 7.88. The molecule has 0 saturated carbocycles. The third-order valence-corrected chi connectivity index (χ3v) is 2.68. The lowest BCUT2D eigenvalue weighted by Gasteiger charge is -2.06. The van der Waals surface area contributed by atoms with Crippen molar-refractivity contribution in [2.45, 2.75) is 0 Å². The van der Waals surface area contributed by atoms with Crippen molar-refractivity contribution >= 4 is 21.7 Å². The summed E-state index contributed by atoms with van der Waals surface area (Å²) in [6, 6.07) is 6.22. The molecule has 0 bridgehead atoms. The van der Waals surface area contributed by atoms with E-state index in [9.17, 15) is 13.2 Å². The van der Waals surface area contributed by atoms with Crippen molar-refractivity contribution in [3.05, 3.63) is 29.8 Å². The molecule has 94 valence electrons. The lowest BCUT2D eigenvalue weighted by atomic mass is 10.2. The van der Waals surface area contributed by atoms with Crippen LogP contribution in [0.4, 0.5) is 5.69 Å². The number of rotatable bonds is 6. The number of carboxylic acid groups (broad SMARTS) is 1. The molecule has 1 aromatic carbocycles. The van der Waals surface area contributed by atoms with Gasteiger partial charge in [-0.05, 0) is 24.3 Å². The highest BCUT2D eigenvalue weighted by atomic mass is 32.2. The molecule has 0 unspecified atom stereocenters. The highest BCUT2D eigenvalue weighted by Crippen LogP contribution is 2.08. The molecular formula is C10H14N2O4S. The van der Waals surface area contributed by atoms with E-state index in [0.29, 0.717) is 6.54 Å². The van der Waals surface area contributed by atoms with Gasteiger partial charge in [0.15, 0.2) is 0 Å². The summed E-state index contributed by atoms with van der Waals surface area (Å²) in [4.78, 5) is 10.6. The fourth-order valence-corrected chi connectivity index (χ4v) is 1.65. The van der Waals surface area contributed by atoms with Crippen molar-refractivity contribution in [3.8, 4) is 0 Å².